The number of likely N-dealkylation sites (tertiary alicyclic amines) is 1. The highest BCUT2D eigenvalue weighted by atomic mass is 35.5. The molecule has 3 N–H and O–H groups in total. The van der Waals surface area contributed by atoms with Crippen molar-refractivity contribution in [3.63, 3.8) is 0 Å². The third-order valence-corrected chi connectivity index (χ3v) is 6.12. The van der Waals surface area contributed by atoms with Crippen LogP contribution in [0.1, 0.15) is 29.6 Å². The van der Waals surface area contributed by atoms with Crippen molar-refractivity contribution in [1.29, 1.82) is 0 Å². The minimum Gasteiger partial charge on any atom is -0.385 e. The number of carbonyl (C=O) groups is 3. The first kappa shape index (κ1) is 26.4. The monoisotopic (exact) mass is 504 g/mol. The Labute approximate surface area is 209 Å². The number of ether oxygens (including phenoxy) is 1. The van der Waals surface area contributed by atoms with Crippen molar-refractivity contribution in [2.75, 3.05) is 38.7 Å². The number of carbonyl (C=O) groups excluding carboxylic acids is 3. The van der Waals surface area contributed by atoms with E-state index in [1.54, 1.807) is 42.3 Å². The minimum atomic E-state index is -0.859. The lowest BCUT2D eigenvalue weighted by Gasteiger charge is -2.35. The van der Waals surface area contributed by atoms with Crippen molar-refractivity contribution in [2.24, 2.45) is 5.92 Å². The van der Waals surface area contributed by atoms with Crippen LogP contribution in [0.5, 0.6) is 0 Å². The van der Waals surface area contributed by atoms with Gasteiger partial charge in [0.1, 0.15) is 11.9 Å². The molecule has 2 aromatic rings. The van der Waals surface area contributed by atoms with Gasteiger partial charge in [0.25, 0.3) is 5.91 Å². The van der Waals surface area contributed by atoms with Gasteiger partial charge in [-0.3, -0.25) is 9.59 Å². The predicted molar refractivity (Wildman–Crippen MR) is 132 cm³/mol. The zero-order valence-electron chi connectivity index (χ0n) is 19.6. The van der Waals surface area contributed by atoms with Crippen molar-refractivity contribution in [2.45, 2.75) is 25.3 Å². The molecule has 188 valence electrons. The summed E-state index contributed by atoms with van der Waals surface area (Å²) in [6.45, 7) is 1.69. The molecule has 1 heterocycles. The molecular formula is C25H30ClFN4O4. The van der Waals surface area contributed by atoms with Crippen molar-refractivity contribution < 1.29 is 23.5 Å². The SMILES string of the molecule is COCCCNC(=O)[C@@H](NC(=O)c1ccccc1F)C1CCN(C(=O)Nc2cccc(Cl)c2)CC1. The van der Waals surface area contributed by atoms with Gasteiger partial charge in [0.2, 0.25) is 5.91 Å². The summed E-state index contributed by atoms with van der Waals surface area (Å²) >= 11 is 5.98. The van der Waals surface area contributed by atoms with Gasteiger partial charge in [0.05, 0.1) is 5.56 Å². The van der Waals surface area contributed by atoms with Crippen LogP contribution in [0.2, 0.25) is 5.02 Å². The van der Waals surface area contributed by atoms with Gasteiger partial charge in [-0.1, -0.05) is 29.8 Å². The van der Waals surface area contributed by atoms with E-state index in [9.17, 15) is 18.8 Å². The summed E-state index contributed by atoms with van der Waals surface area (Å²) in [6.07, 6.45) is 1.62. The number of anilines is 1. The Bertz CT molecular complexity index is 1030. The van der Waals surface area contributed by atoms with Crippen LogP contribution < -0.4 is 16.0 Å². The molecule has 1 fully saturated rings. The number of halogens is 2. The van der Waals surface area contributed by atoms with E-state index in [0.717, 1.165) is 0 Å². The van der Waals surface area contributed by atoms with Gasteiger partial charge in [0.15, 0.2) is 0 Å². The molecule has 8 nitrogen and oxygen atoms in total. The summed E-state index contributed by atoms with van der Waals surface area (Å²) < 4.78 is 19.1. The Morgan fingerprint density at radius 2 is 1.89 bits per heavy atom. The zero-order chi connectivity index (χ0) is 25.2. The van der Waals surface area contributed by atoms with E-state index in [4.69, 9.17) is 16.3 Å². The molecule has 0 aromatic heterocycles. The van der Waals surface area contributed by atoms with Gasteiger partial charge in [-0.25, -0.2) is 9.18 Å². The molecule has 10 heteroatoms. The molecule has 4 amide bonds. The number of amides is 4. The number of rotatable bonds is 9. The van der Waals surface area contributed by atoms with Crippen LogP contribution in [-0.2, 0) is 9.53 Å². The topological polar surface area (TPSA) is 99.8 Å². The smallest absolute Gasteiger partial charge is 0.321 e. The molecule has 0 bridgehead atoms. The minimum absolute atomic E-state index is 0.122. The Morgan fingerprint density at radius 3 is 2.57 bits per heavy atom. The molecule has 0 spiro atoms. The largest absolute Gasteiger partial charge is 0.385 e. The van der Waals surface area contributed by atoms with Gasteiger partial charge < -0.3 is 25.6 Å². The average molecular weight is 505 g/mol. The molecule has 0 radical (unpaired) electrons. The van der Waals surface area contributed by atoms with Crippen LogP contribution in [0.3, 0.4) is 0 Å². The molecule has 0 saturated carbocycles. The summed E-state index contributed by atoms with van der Waals surface area (Å²) in [5, 5.41) is 8.88. The predicted octanol–water partition coefficient (Wildman–Crippen LogP) is 3.67. The van der Waals surface area contributed by atoms with Crippen LogP contribution in [0, 0.1) is 11.7 Å². The van der Waals surface area contributed by atoms with E-state index in [1.165, 1.54) is 18.2 Å². The van der Waals surface area contributed by atoms with Crippen molar-refractivity contribution in [3.05, 3.63) is 64.9 Å². The second-order valence-electron chi connectivity index (χ2n) is 8.33. The Balaban J connectivity index is 1.63. The first-order valence-corrected chi connectivity index (χ1v) is 11.9. The summed E-state index contributed by atoms with van der Waals surface area (Å²) in [5.74, 6) is -1.87. The van der Waals surface area contributed by atoms with Gasteiger partial charge >= 0.3 is 6.03 Å². The number of methoxy groups -OCH3 is 1. The molecule has 2 aromatic carbocycles. The number of urea groups is 1. The maximum Gasteiger partial charge on any atom is 0.321 e. The number of benzene rings is 2. The van der Waals surface area contributed by atoms with E-state index in [2.05, 4.69) is 16.0 Å². The highest BCUT2D eigenvalue weighted by molar-refractivity contribution is 6.30. The number of nitrogens with one attached hydrogen (secondary N) is 3. The van der Waals surface area contributed by atoms with Gasteiger partial charge in [-0.05, 0) is 55.5 Å². The Kier molecular flexibility index (Phi) is 9.86. The van der Waals surface area contributed by atoms with Crippen LogP contribution in [0.25, 0.3) is 0 Å². The van der Waals surface area contributed by atoms with Gasteiger partial charge in [0, 0.05) is 44.1 Å². The molecular weight excluding hydrogens is 475 g/mol. The van der Waals surface area contributed by atoms with Crippen LogP contribution in [0.15, 0.2) is 48.5 Å². The molecule has 0 unspecified atom stereocenters. The summed E-state index contributed by atoms with van der Waals surface area (Å²) in [4.78, 5) is 40.1. The first-order chi connectivity index (χ1) is 16.9. The highest BCUT2D eigenvalue weighted by Gasteiger charge is 2.34. The van der Waals surface area contributed by atoms with Crippen LogP contribution in [0.4, 0.5) is 14.9 Å². The van der Waals surface area contributed by atoms with Gasteiger partial charge in [-0.2, -0.15) is 0 Å². The molecule has 1 saturated heterocycles. The lowest BCUT2D eigenvalue weighted by molar-refractivity contribution is -0.124. The third kappa shape index (κ3) is 7.66. The second kappa shape index (κ2) is 13.1. The number of hydrogen-bond donors (Lipinski definition) is 3. The summed E-state index contributed by atoms with van der Waals surface area (Å²) in [7, 11) is 1.58. The number of hydrogen-bond acceptors (Lipinski definition) is 4. The molecule has 3 rings (SSSR count). The standard InChI is InChI=1S/C25H30ClFN4O4/c1-35-15-5-12-28-24(33)22(30-23(32)20-8-2-3-9-21(20)27)17-10-13-31(14-11-17)25(34)29-19-7-4-6-18(26)16-19/h2-4,6-9,16-17,22H,5,10-15H2,1H3,(H,28,33)(H,29,34)(H,30,32)/t22-/m0/s1. The maximum absolute atomic E-state index is 14.1. The quantitative estimate of drug-likeness (QED) is 0.454. The molecule has 1 aliphatic rings. The van der Waals surface area contributed by atoms with Crippen molar-refractivity contribution >= 4 is 35.1 Å². The first-order valence-electron chi connectivity index (χ1n) is 11.5. The third-order valence-electron chi connectivity index (χ3n) is 5.89. The normalized spacial score (nSPS) is 14.8. The fourth-order valence-electron chi connectivity index (χ4n) is 4.00. The number of piperidine rings is 1. The summed E-state index contributed by atoms with van der Waals surface area (Å²) in [6, 6.07) is 11.4. The second-order valence-corrected chi connectivity index (χ2v) is 8.77. The Morgan fingerprint density at radius 1 is 1.14 bits per heavy atom. The average Bonchev–Trinajstić information content (AvgIpc) is 2.85. The molecule has 1 atom stereocenters. The fraction of sp³-hybridized carbons (Fsp3) is 0.400. The molecule has 35 heavy (non-hydrogen) atoms. The van der Waals surface area contributed by atoms with Crippen molar-refractivity contribution in [1.82, 2.24) is 15.5 Å². The highest BCUT2D eigenvalue weighted by Crippen LogP contribution is 2.23. The molecule has 1 aliphatic heterocycles. The van der Waals surface area contributed by atoms with E-state index in [0.29, 0.717) is 56.2 Å². The van der Waals surface area contributed by atoms with Crippen molar-refractivity contribution in [3.8, 4) is 0 Å². The molecule has 0 aliphatic carbocycles. The van der Waals surface area contributed by atoms with Crippen LogP contribution >= 0.6 is 11.6 Å². The lowest BCUT2D eigenvalue weighted by atomic mass is 9.88. The van der Waals surface area contributed by atoms with Crippen LogP contribution in [-0.4, -0.2) is 62.1 Å². The van der Waals surface area contributed by atoms with E-state index >= 15 is 0 Å². The lowest BCUT2D eigenvalue weighted by Crippen LogP contribution is -2.54. The van der Waals surface area contributed by atoms with E-state index in [1.807, 2.05) is 0 Å². The number of nitrogens with zero attached hydrogens (tertiary/aromatic N) is 1. The fourth-order valence-corrected chi connectivity index (χ4v) is 4.19. The van der Waals surface area contributed by atoms with E-state index < -0.39 is 17.8 Å². The maximum atomic E-state index is 14.1. The van der Waals surface area contributed by atoms with E-state index in [-0.39, 0.29) is 23.4 Å². The summed E-state index contributed by atoms with van der Waals surface area (Å²) in [5.41, 5.74) is 0.470. The van der Waals surface area contributed by atoms with Gasteiger partial charge in [-0.15, -0.1) is 0 Å². The Hall–Kier alpha value is -3.17. The zero-order valence-corrected chi connectivity index (χ0v) is 20.3.